The molecule has 2 aliphatic rings. The molecule has 0 aromatic carbocycles. The van der Waals surface area contributed by atoms with Crippen LogP contribution in [0.25, 0.3) is 0 Å². The van der Waals surface area contributed by atoms with Crippen LogP contribution in [0.2, 0.25) is 0 Å². The number of hydrogen-bond donors (Lipinski definition) is 0. The van der Waals surface area contributed by atoms with Crippen LogP contribution < -0.4 is 0 Å². The van der Waals surface area contributed by atoms with Gasteiger partial charge in [0.1, 0.15) is 11.9 Å². The Morgan fingerprint density at radius 1 is 1.21 bits per heavy atom. The molecule has 0 N–H and O–H groups in total. The second kappa shape index (κ2) is 7.00. The minimum Gasteiger partial charge on any atom is -0.497 e. The molecule has 2 bridgehead atoms. The van der Waals surface area contributed by atoms with Gasteiger partial charge in [-0.1, -0.05) is 45.1 Å². The highest BCUT2D eigenvalue weighted by Gasteiger charge is 2.61. The van der Waals surface area contributed by atoms with Crippen molar-refractivity contribution in [3.8, 4) is 0 Å². The zero-order valence-electron chi connectivity index (χ0n) is 15.6. The molecule has 132 valence electrons. The lowest BCUT2D eigenvalue weighted by atomic mass is 9.70. The third kappa shape index (κ3) is 3.66. The Morgan fingerprint density at radius 3 is 2.46 bits per heavy atom. The van der Waals surface area contributed by atoms with E-state index in [1.807, 2.05) is 19.1 Å². The molecule has 2 rings (SSSR count). The molecular formula is C21H30O3. The van der Waals surface area contributed by atoms with Crippen molar-refractivity contribution in [3.63, 3.8) is 0 Å². The van der Waals surface area contributed by atoms with Crippen LogP contribution in [0.3, 0.4) is 0 Å². The average Bonchev–Trinajstić information content (AvgIpc) is 3.01. The van der Waals surface area contributed by atoms with Crippen LogP contribution in [0.15, 0.2) is 48.3 Å². The fourth-order valence-corrected chi connectivity index (χ4v) is 4.39. The molecule has 3 atom stereocenters. The van der Waals surface area contributed by atoms with Gasteiger partial charge in [0.25, 0.3) is 0 Å². The largest absolute Gasteiger partial charge is 0.497 e. The predicted octanol–water partition coefficient (Wildman–Crippen LogP) is 4.96. The van der Waals surface area contributed by atoms with E-state index >= 15 is 0 Å². The van der Waals surface area contributed by atoms with Crippen molar-refractivity contribution in [2.75, 3.05) is 7.11 Å². The number of methoxy groups -OCH3 is 1. The van der Waals surface area contributed by atoms with Crippen molar-refractivity contribution in [1.82, 2.24) is 0 Å². The maximum absolute atomic E-state index is 12.3. The summed E-state index contributed by atoms with van der Waals surface area (Å²) in [6.45, 7) is 12.3. The average molecular weight is 330 g/mol. The van der Waals surface area contributed by atoms with Gasteiger partial charge in [0, 0.05) is 16.9 Å². The zero-order valence-corrected chi connectivity index (χ0v) is 15.6. The molecule has 3 heteroatoms. The number of ether oxygens (including phenoxy) is 2. The van der Waals surface area contributed by atoms with Crippen molar-refractivity contribution in [1.29, 1.82) is 0 Å². The molecule has 0 radical (unpaired) electrons. The number of fused-ring (bicyclic) bond motifs is 2. The molecule has 2 saturated carbocycles. The smallest absolute Gasteiger partial charge is 0.331 e. The number of hydrogen-bond acceptors (Lipinski definition) is 3. The molecular weight excluding hydrogens is 300 g/mol. The number of esters is 1. The number of carbonyl (C=O) groups excluding carboxylic acids is 1. The SMILES string of the molecule is C=C\C(=C/C=C(C)/C=C/C(=O)OC1C2(C)CCC(C2)C1(C)C)OC. The quantitative estimate of drug-likeness (QED) is 0.299. The molecule has 2 fully saturated rings. The van der Waals surface area contributed by atoms with Crippen LogP contribution in [0.5, 0.6) is 0 Å². The van der Waals surface area contributed by atoms with Gasteiger partial charge >= 0.3 is 5.97 Å². The topological polar surface area (TPSA) is 35.5 Å². The van der Waals surface area contributed by atoms with Gasteiger partial charge in [-0.25, -0.2) is 4.79 Å². The Kier molecular flexibility index (Phi) is 5.42. The van der Waals surface area contributed by atoms with Crippen molar-refractivity contribution >= 4 is 5.97 Å². The Hall–Kier alpha value is -1.77. The normalized spacial score (nSPS) is 32.2. The molecule has 0 aromatic rings. The molecule has 0 amide bonds. The number of carbonyl (C=O) groups is 1. The first-order chi connectivity index (χ1) is 11.2. The van der Waals surface area contributed by atoms with Gasteiger partial charge < -0.3 is 9.47 Å². The lowest BCUT2D eigenvalue weighted by Gasteiger charge is -2.41. The first-order valence-corrected chi connectivity index (χ1v) is 8.66. The maximum atomic E-state index is 12.3. The minimum absolute atomic E-state index is 0.00550. The summed E-state index contributed by atoms with van der Waals surface area (Å²) in [5.74, 6) is 1.10. The van der Waals surface area contributed by atoms with E-state index in [4.69, 9.17) is 9.47 Å². The summed E-state index contributed by atoms with van der Waals surface area (Å²) in [4.78, 5) is 12.3. The number of allylic oxidation sites excluding steroid dienone is 5. The van der Waals surface area contributed by atoms with Gasteiger partial charge in [-0.05, 0) is 44.3 Å². The van der Waals surface area contributed by atoms with Crippen LogP contribution in [-0.4, -0.2) is 19.2 Å². The van der Waals surface area contributed by atoms with Crippen LogP contribution in [0.1, 0.15) is 47.0 Å². The maximum Gasteiger partial charge on any atom is 0.331 e. The van der Waals surface area contributed by atoms with E-state index in [0.717, 1.165) is 12.0 Å². The fraction of sp³-hybridized carbons (Fsp3) is 0.571. The minimum atomic E-state index is -0.255. The summed E-state index contributed by atoms with van der Waals surface area (Å²) >= 11 is 0. The Labute approximate surface area is 146 Å². The standard InChI is InChI=1S/C21H30O3/c1-7-17(23-6)10-8-15(2)9-11-18(22)24-19-20(3,4)16-12-13-21(19,5)14-16/h7-11,16,19H,1,12-14H2,2-6H3/b11-9+,15-8+,17-10+. The summed E-state index contributed by atoms with van der Waals surface area (Å²) in [7, 11) is 1.60. The van der Waals surface area contributed by atoms with E-state index in [1.165, 1.54) is 18.9 Å². The molecule has 2 aliphatic carbocycles. The monoisotopic (exact) mass is 330 g/mol. The third-order valence-electron chi connectivity index (χ3n) is 5.80. The van der Waals surface area contributed by atoms with E-state index in [1.54, 1.807) is 19.3 Å². The first kappa shape index (κ1) is 18.6. The van der Waals surface area contributed by atoms with Crippen molar-refractivity contribution in [2.24, 2.45) is 16.7 Å². The van der Waals surface area contributed by atoms with Crippen LogP contribution >= 0.6 is 0 Å². The highest BCUT2D eigenvalue weighted by atomic mass is 16.5. The molecule has 3 nitrogen and oxygen atoms in total. The molecule has 0 aliphatic heterocycles. The van der Waals surface area contributed by atoms with E-state index in [-0.39, 0.29) is 22.9 Å². The van der Waals surface area contributed by atoms with E-state index < -0.39 is 0 Å². The Bertz CT molecular complexity index is 589. The van der Waals surface area contributed by atoms with Crippen LogP contribution in [0, 0.1) is 16.7 Å². The summed E-state index contributed by atoms with van der Waals surface area (Å²) in [6, 6.07) is 0. The lowest BCUT2D eigenvalue weighted by molar-refractivity contribution is -0.158. The van der Waals surface area contributed by atoms with Gasteiger partial charge in [0.05, 0.1) is 7.11 Å². The van der Waals surface area contributed by atoms with E-state index in [9.17, 15) is 4.79 Å². The van der Waals surface area contributed by atoms with Gasteiger partial charge in [0.2, 0.25) is 0 Å². The van der Waals surface area contributed by atoms with E-state index in [2.05, 4.69) is 27.4 Å². The zero-order chi connectivity index (χ0) is 18.0. The van der Waals surface area contributed by atoms with Gasteiger partial charge in [-0.15, -0.1) is 0 Å². The Morgan fingerprint density at radius 2 is 1.92 bits per heavy atom. The highest BCUT2D eigenvalue weighted by molar-refractivity contribution is 5.82. The van der Waals surface area contributed by atoms with Crippen molar-refractivity contribution in [2.45, 2.75) is 53.1 Å². The summed E-state index contributed by atoms with van der Waals surface area (Å²) in [6.07, 6.45) is 12.2. The van der Waals surface area contributed by atoms with Gasteiger partial charge in [0.15, 0.2) is 0 Å². The van der Waals surface area contributed by atoms with Crippen LogP contribution in [-0.2, 0) is 14.3 Å². The van der Waals surface area contributed by atoms with E-state index in [0.29, 0.717) is 11.7 Å². The lowest BCUT2D eigenvalue weighted by Crippen LogP contribution is -2.43. The molecule has 0 aromatic heterocycles. The second-order valence-corrected chi connectivity index (χ2v) is 7.95. The molecule has 0 saturated heterocycles. The third-order valence-corrected chi connectivity index (χ3v) is 5.80. The summed E-state index contributed by atoms with van der Waals surface area (Å²) < 4.78 is 11.0. The Balaban J connectivity index is 1.99. The van der Waals surface area contributed by atoms with Crippen molar-refractivity contribution < 1.29 is 14.3 Å². The second-order valence-electron chi connectivity index (χ2n) is 7.95. The summed E-state index contributed by atoms with van der Waals surface area (Å²) in [5.41, 5.74) is 1.16. The molecule has 3 unspecified atom stereocenters. The highest BCUT2D eigenvalue weighted by Crippen LogP contribution is 2.63. The molecule has 24 heavy (non-hydrogen) atoms. The fourth-order valence-electron chi connectivity index (χ4n) is 4.39. The van der Waals surface area contributed by atoms with Crippen LogP contribution in [0.4, 0.5) is 0 Å². The molecule has 0 spiro atoms. The summed E-state index contributed by atoms with van der Waals surface area (Å²) in [5, 5.41) is 0. The van der Waals surface area contributed by atoms with Gasteiger partial charge in [-0.2, -0.15) is 0 Å². The first-order valence-electron chi connectivity index (χ1n) is 8.66. The predicted molar refractivity (Wildman–Crippen MR) is 97.3 cm³/mol. The van der Waals surface area contributed by atoms with Gasteiger partial charge in [-0.3, -0.25) is 0 Å². The number of rotatable bonds is 6. The molecule has 0 heterocycles. The van der Waals surface area contributed by atoms with Crippen molar-refractivity contribution in [3.05, 3.63) is 48.3 Å².